The van der Waals surface area contributed by atoms with E-state index in [4.69, 9.17) is 9.90 Å². The van der Waals surface area contributed by atoms with Gasteiger partial charge in [0.1, 0.15) is 0 Å². The maximum atomic E-state index is 12.8. The Kier molecular flexibility index (Phi) is 8.06. The number of piperidine rings is 1. The first-order valence-corrected chi connectivity index (χ1v) is 11.1. The summed E-state index contributed by atoms with van der Waals surface area (Å²) < 4.78 is 31.7. The molecular weight excluding hydrogens is 429 g/mol. The van der Waals surface area contributed by atoms with Gasteiger partial charge in [-0.25, -0.2) is 9.59 Å². The molecule has 0 unspecified atom stereocenters. The van der Waals surface area contributed by atoms with E-state index < -0.39 is 12.1 Å². The van der Waals surface area contributed by atoms with Crippen molar-refractivity contribution in [1.82, 2.24) is 20.4 Å². The number of fused-ring (bicyclic) bond motifs is 2. The second-order valence-corrected chi connectivity index (χ2v) is 9.37. The van der Waals surface area contributed by atoms with E-state index in [1.807, 2.05) is 18.7 Å². The van der Waals surface area contributed by atoms with E-state index in [1.54, 1.807) is 7.05 Å². The molecule has 184 valence electrons. The molecule has 0 aromatic rings. The van der Waals surface area contributed by atoms with Crippen LogP contribution in [0.15, 0.2) is 0 Å². The van der Waals surface area contributed by atoms with Crippen molar-refractivity contribution in [3.63, 3.8) is 0 Å². The average molecular weight is 465 g/mol. The standard InChI is InChI=1S/C19H34N4O2.C2HF3O2/c1-5-22-12-15-18(6-7-19(15,13-22)16(24)20-4)8-10-23(11-9-18)17(25)21-14(2)3;3-2(4,5)1(6)7/h14-15H,5-13H2,1-4H3,(H,20,24)(H,21,25);(H,6,7)/t15-,19+;/m0./s1. The van der Waals surface area contributed by atoms with Crippen LogP contribution in [0, 0.1) is 16.7 Å². The third-order valence-electron chi connectivity index (χ3n) is 7.25. The van der Waals surface area contributed by atoms with Crippen LogP contribution in [0.5, 0.6) is 0 Å². The Balaban J connectivity index is 0.000000451. The van der Waals surface area contributed by atoms with Crippen molar-refractivity contribution in [3.05, 3.63) is 0 Å². The number of hydrogen-bond acceptors (Lipinski definition) is 4. The molecule has 1 saturated carbocycles. The highest BCUT2D eigenvalue weighted by molar-refractivity contribution is 5.84. The molecule has 0 bridgehead atoms. The number of alkyl halides is 3. The van der Waals surface area contributed by atoms with E-state index in [0.717, 1.165) is 58.4 Å². The number of amides is 3. The molecule has 3 aliphatic rings. The molecule has 0 aromatic carbocycles. The maximum absolute atomic E-state index is 12.8. The summed E-state index contributed by atoms with van der Waals surface area (Å²) in [5.41, 5.74) is 0.0121. The van der Waals surface area contributed by atoms with Gasteiger partial charge >= 0.3 is 18.2 Å². The van der Waals surface area contributed by atoms with Crippen molar-refractivity contribution in [1.29, 1.82) is 0 Å². The fraction of sp³-hybridized carbons (Fsp3) is 0.857. The van der Waals surface area contributed by atoms with Gasteiger partial charge < -0.3 is 25.5 Å². The van der Waals surface area contributed by atoms with Crippen LogP contribution >= 0.6 is 0 Å². The van der Waals surface area contributed by atoms with Crippen molar-refractivity contribution in [2.24, 2.45) is 16.7 Å². The van der Waals surface area contributed by atoms with Crippen LogP contribution in [-0.2, 0) is 9.59 Å². The van der Waals surface area contributed by atoms with Crippen molar-refractivity contribution in [2.45, 2.75) is 58.7 Å². The molecule has 2 atom stereocenters. The minimum atomic E-state index is -5.08. The Hall–Kier alpha value is -2.04. The highest BCUT2D eigenvalue weighted by Crippen LogP contribution is 2.62. The predicted octanol–water partition coefficient (Wildman–Crippen LogP) is 2.30. The SMILES string of the molecule is CCN1C[C@H]2C3(CCN(C(=O)NC(C)C)CC3)CC[C@@]2(C(=O)NC)C1.O=C(O)C(F)(F)F. The molecule has 0 aromatic heterocycles. The van der Waals surface area contributed by atoms with E-state index >= 15 is 0 Å². The second-order valence-electron chi connectivity index (χ2n) is 9.37. The number of nitrogens with one attached hydrogen (secondary N) is 2. The van der Waals surface area contributed by atoms with Gasteiger partial charge in [0.2, 0.25) is 5.91 Å². The van der Waals surface area contributed by atoms with E-state index in [9.17, 15) is 22.8 Å². The van der Waals surface area contributed by atoms with E-state index in [-0.39, 0.29) is 28.8 Å². The van der Waals surface area contributed by atoms with E-state index in [1.165, 1.54) is 0 Å². The van der Waals surface area contributed by atoms with Gasteiger partial charge in [-0.3, -0.25) is 4.79 Å². The van der Waals surface area contributed by atoms with Crippen molar-refractivity contribution in [2.75, 3.05) is 39.8 Å². The number of nitrogens with zero attached hydrogens (tertiary/aromatic N) is 2. The average Bonchev–Trinajstić information content (AvgIpc) is 3.24. The molecule has 3 N–H and O–H groups in total. The van der Waals surface area contributed by atoms with E-state index in [0.29, 0.717) is 5.92 Å². The van der Waals surface area contributed by atoms with Gasteiger partial charge in [0.05, 0.1) is 5.41 Å². The molecule has 2 saturated heterocycles. The molecule has 2 aliphatic heterocycles. The fourth-order valence-corrected chi connectivity index (χ4v) is 5.61. The first kappa shape index (κ1) is 26.2. The van der Waals surface area contributed by atoms with Gasteiger partial charge in [-0.05, 0) is 57.4 Å². The normalized spacial score (nSPS) is 27.0. The summed E-state index contributed by atoms with van der Waals surface area (Å²) in [5, 5.41) is 13.1. The van der Waals surface area contributed by atoms with Crippen LogP contribution < -0.4 is 10.6 Å². The molecular formula is C21H35F3N4O4. The third kappa shape index (κ3) is 5.29. The Morgan fingerprint density at radius 1 is 1.12 bits per heavy atom. The number of likely N-dealkylation sites (tertiary alicyclic amines) is 2. The minimum Gasteiger partial charge on any atom is -0.475 e. The van der Waals surface area contributed by atoms with Gasteiger partial charge in [-0.15, -0.1) is 0 Å². The second kappa shape index (κ2) is 9.84. The first-order chi connectivity index (χ1) is 14.8. The number of rotatable bonds is 3. The topological polar surface area (TPSA) is 102 Å². The summed E-state index contributed by atoms with van der Waals surface area (Å²) in [4.78, 5) is 38.4. The zero-order chi connectivity index (χ0) is 24.3. The lowest BCUT2D eigenvalue weighted by atomic mass is 9.65. The number of carboxylic acids is 1. The maximum Gasteiger partial charge on any atom is 0.490 e. The number of carboxylic acid groups (broad SMARTS) is 1. The lowest BCUT2D eigenvalue weighted by Crippen LogP contribution is -2.51. The Bertz CT molecular complexity index is 708. The quantitative estimate of drug-likeness (QED) is 0.595. The smallest absolute Gasteiger partial charge is 0.475 e. The van der Waals surface area contributed by atoms with Crippen molar-refractivity contribution < 1.29 is 32.7 Å². The summed E-state index contributed by atoms with van der Waals surface area (Å²) >= 11 is 0. The van der Waals surface area contributed by atoms with Gasteiger partial charge in [0.25, 0.3) is 0 Å². The van der Waals surface area contributed by atoms with Crippen LogP contribution in [-0.4, -0.2) is 84.8 Å². The zero-order valence-corrected chi connectivity index (χ0v) is 19.2. The molecule has 11 heteroatoms. The molecule has 0 radical (unpaired) electrons. The fourth-order valence-electron chi connectivity index (χ4n) is 5.61. The van der Waals surface area contributed by atoms with Crippen LogP contribution in [0.2, 0.25) is 0 Å². The summed E-state index contributed by atoms with van der Waals surface area (Å²) in [6.07, 6.45) is -0.909. The van der Waals surface area contributed by atoms with Crippen LogP contribution in [0.4, 0.5) is 18.0 Å². The molecule has 3 amide bonds. The molecule has 1 spiro atoms. The highest BCUT2D eigenvalue weighted by atomic mass is 19.4. The third-order valence-corrected chi connectivity index (χ3v) is 7.25. The molecule has 3 fully saturated rings. The van der Waals surface area contributed by atoms with Crippen molar-refractivity contribution in [3.8, 4) is 0 Å². The number of hydrogen-bond donors (Lipinski definition) is 3. The highest BCUT2D eigenvalue weighted by Gasteiger charge is 2.63. The largest absolute Gasteiger partial charge is 0.490 e. The molecule has 3 rings (SSSR count). The van der Waals surface area contributed by atoms with Gasteiger partial charge in [-0.1, -0.05) is 6.92 Å². The van der Waals surface area contributed by atoms with Crippen LogP contribution in [0.25, 0.3) is 0 Å². The molecule has 2 heterocycles. The Labute approximate surface area is 186 Å². The number of urea groups is 1. The molecule has 1 aliphatic carbocycles. The van der Waals surface area contributed by atoms with Crippen LogP contribution in [0.1, 0.15) is 46.5 Å². The zero-order valence-electron chi connectivity index (χ0n) is 19.2. The first-order valence-electron chi connectivity index (χ1n) is 11.1. The number of carbonyl (C=O) groups excluding carboxylic acids is 2. The Morgan fingerprint density at radius 2 is 1.69 bits per heavy atom. The predicted molar refractivity (Wildman–Crippen MR) is 112 cm³/mol. The van der Waals surface area contributed by atoms with Gasteiger partial charge in [-0.2, -0.15) is 13.2 Å². The summed E-state index contributed by atoms with van der Waals surface area (Å²) in [6, 6.07) is 0.228. The minimum absolute atomic E-state index is 0.0574. The van der Waals surface area contributed by atoms with Gasteiger partial charge in [0.15, 0.2) is 0 Å². The van der Waals surface area contributed by atoms with Crippen LogP contribution in [0.3, 0.4) is 0 Å². The Morgan fingerprint density at radius 3 is 2.12 bits per heavy atom. The molecule has 32 heavy (non-hydrogen) atoms. The van der Waals surface area contributed by atoms with Gasteiger partial charge in [0, 0.05) is 39.3 Å². The van der Waals surface area contributed by atoms with E-state index in [2.05, 4.69) is 22.5 Å². The van der Waals surface area contributed by atoms with Crippen molar-refractivity contribution >= 4 is 17.9 Å². The number of halogens is 3. The monoisotopic (exact) mass is 464 g/mol. The molecule has 8 nitrogen and oxygen atoms in total. The summed E-state index contributed by atoms with van der Waals surface area (Å²) in [6.45, 7) is 10.7. The number of carbonyl (C=O) groups is 3. The lowest BCUT2D eigenvalue weighted by Gasteiger charge is -2.44. The summed E-state index contributed by atoms with van der Waals surface area (Å²) in [5.74, 6) is -2.10. The number of aliphatic carboxylic acids is 1. The lowest BCUT2D eigenvalue weighted by molar-refractivity contribution is -0.192. The summed E-state index contributed by atoms with van der Waals surface area (Å²) in [7, 11) is 1.77.